The molecular weight excluding hydrogens is 628 g/mol. The lowest BCUT2D eigenvalue weighted by Crippen LogP contribution is -2.30. The second-order valence-electron chi connectivity index (χ2n) is 11.4. The molecule has 2 unspecified atom stereocenters. The predicted octanol–water partition coefficient (Wildman–Crippen LogP) is 7.90. The molecule has 0 saturated heterocycles. The third-order valence-electron chi connectivity index (χ3n) is 7.97. The number of allylic oxidation sites excluding steroid dienone is 4. The third-order valence-corrected chi connectivity index (χ3v) is 9.51. The molecule has 13 heteroatoms. The fraction of sp³-hybridized carbons (Fsp3) is 0.312. The Hall–Kier alpha value is -4.05. The lowest BCUT2D eigenvalue weighted by molar-refractivity contribution is -0.138. The second kappa shape index (κ2) is 11.7. The number of aromatic nitrogens is 1. The summed E-state index contributed by atoms with van der Waals surface area (Å²) in [6.07, 6.45) is -3.91. The molecule has 0 radical (unpaired) electrons. The zero-order chi connectivity index (χ0) is 32.9. The van der Waals surface area contributed by atoms with Crippen LogP contribution >= 0.6 is 0 Å². The van der Waals surface area contributed by atoms with E-state index in [1.165, 1.54) is 30.4 Å². The highest BCUT2D eigenvalue weighted by molar-refractivity contribution is 7.85. The molecule has 0 aliphatic heterocycles. The monoisotopic (exact) mass is 652 g/mol. The van der Waals surface area contributed by atoms with Crippen LogP contribution in [0.25, 0.3) is 5.57 Å². The van der Waals surface area contributed by atoms with Gasteiger partial charge in [-0.2, -0.15) is 31.6 Å². The maximum Gasteiger partial charge on any atom is 0.417 e. The van der Waals surface area contributed by atoms with E-state index in [4.69, 9.17) is 0 Å². The van der Waals surface area contributed by atoms with Gasteiger partial charge in [-0.05, 0) is 66.6 Å². The van der Waals surface area contributed by atoms with Gasteiger partial charge in [-0.15, -0.1) is 0 Å². The van der Waals surface area contributed by atoms with E-state index >= 15 is 0 Å². The topological polar surface area (TPSA) is 62.9 Å². The summed E-state index contributed by atoms with van der Waals surface area (Å²) in [6.45, 7) is 0.972. The lowest BCUT2D eigenvalue weighted by Gasteiger charge is -2.30. The minimum absolute atomic E-state index is 0.0215. The van der Waals surface area contributed by atoms with Gasteiger partial charge in [-0.1, -0.05) is 31.2 Å². The zero-order valence-electron chi connectivity index (χ0n) is 23.5. The van der Waals surface area contributed by atoms with Gasteiger partial charge in [0.25, 0.3) is 5.56 Å². The van der Waals surface area contributed by atoms with Gasteiger partial charge in [0.05, 0.1) is 34.2 Å². The van der Waals surface area contributed by atoms with Gasteiger partial charge in [0.15, 0.2) is 0 Å². The quantitative estimate of drug-likeness (QED) is 0.244. The van der Waals surface area contributed by atoms with E-state index < -0.39 is 69.0 Å². The summed E-state index contributed by atoms with van der Waals surface area (Å²) >= 11 is 0. The normalized spacial score (nSPS) is 19.2. The highest BCUT2D eigenvalue weighted by Gasteiger charge is 2.38. The van der Waals surface area contributed by atoms with Crippen LogP contribution < -0.4 is 5.56 Å². The van der Waals surface area contributed by atoms with Gasteiger partial charge in [0.2, 0.25) is 0 Å². The Morgan fingerprint density at radius 2 is 1.73 bits per heavy atom. The van der Waals surface area contributed by atoms with Gasteiger partial charge in [-0.25, -0.2) is 8.78 Å². The van der Waals surface area contributed by atoms with Gasteiger partial charge in [0, 0.05) is 27.7 Å². The molecule has 1 saturated carbocycles. The smallest absolute Gasteiger partial charge is 0.303 e. The van der Waals surface area contributed by atoms with E-state index in [1.54, 1.807) is 6.92 Å². The van der Waals surface area contributed by atoms with Crippen molar-refractivity contribution in [3.63, 3.8) is 0 Å². The van der Waals surface area contributed by atoms with Gasteiger partial charge < -0.3 is 4.57 Å². The number of hydrogen-bond acceptors (Lipinski definition) is 3. The van der Waals surface area contributed by atoms with Crippen LogP contribution in [0.4, 0.5) is 35.1 Å². The molecule has 2 atom stereocenters. The van der Waals surface area contributed by atoms with Crippen LogP contribution in [-0.2, 0) is 35.1 Å². The minimum atomic E-state index is -5.10. The first-order valence-corrected chi connectivity index (χ1v) is 15.0. The largest absolute Gasteiger partial charge is 0.417 e. The molecule has 5 rings (SSSR count). The summed E-state index contributed by atoms with van der Waals surface area (Å²) in [5, 5.41) is 9.42. The average Bonchev–Trinajstić information content (AvgIpc) is 3.78. The van der Waals surface area contributed by atoms with Crippen molar-refractivity contribution >= 4 is 16.4 Å². The number of hydrogen-bond donors (Lipinski definition) is 0. The molecule has 2 aliphatic carbocycles. The summed E-state index contributed by atoms with van der Waals surface area (Å²) in [4.78, 5) is 13.3. The Kier molecular flexibility index (Phi) is 8.42. The van der Waals surface area contributed by atoms with Crippen molar-refractivity contribution in [2.24, 2.45) is 5.92 Å². The number of nitrogens with zero attached hydrogens (tertiary/aromatic N) is 2. The van der Waals surface area contributed by atoms with Gasteiger partial charge in [-0.3, -0.25) is 9.00 Å². The summed E-state index contributed by atoms with van der Waals surface area (Å²) in [5.41, 5.74) is -6.49. The van der Waals surface area contributed by atoms with Gasteiger partial charge >= 0.3 is 12.4 Å². The minimum Gasteiger partial charge on any atom is -0.303 e. The number of nitriles is 1. The number of pyridine rings is 1. The molecule has 236 valence electrons. The van der Waals surface area contributed by atoms with Crippen LogP contribution in [0.1, 0.15) is 59.7 Å². The number of benzene rings is 2. The highest BCUT2D eigenvalue weighted by Crippen LogP contribution is 2.41. The predicted molar refractivity (Wildman–Crippen MR) is 150 cm³/mol. The summed E-state index contributed by atoms with van der Waals surface area (Å²) in [6, 6.07) is 7.57. The van der Waals surface area contributed by atoms with E-state index in [-0.39, 0.29) is 45.4 Å². The fourth-order valence-corrected chi connectivity index (χ4v) is 6.62. The standard InChI is InChI=1S/C32H24F8N2O2S/c1-30(21-10-22(31(35,36)37)12-24(11-21)45(44)17-18-2-3-18)8-6-19(7-9-30)28-14-26(32(38,39)40)25(15-41)29(43)42(28)16-20-4-5-23(33)13-27(20)34/h4-8,10-14,18H,2-3,9,16-17H2,1H3. The molecule has 0 spiro atoms. The molecule has 0 N–H and O–H groups in total. The molecule has 4 nitrogen and oxygen atoms in total. The summed E-state index contributed by atoms with van der Waals surface area (Å²) < 4.78 is 125. The SMILES string of the molecule is CC1(c2cc(S(=O)CC3CC3)cc(C(F)(F)F)c2)C=CC(c2cc(C(F)(F)F)c(C#N)c(=O)n2Cc2ccc(F)cc2F)=CC1. The van der Waals surface area contributed by atoms with Crippen LogP contribution in [0.3, 0.4) is 0 Å². The molecule has 0 amide bonds. The Morgan fingerprint density at radius 1 is 1.02 bits per heavy atom. The van der Waals surface area contributed by atoms with Crippen molar-refractivity contribution in [2.75, 3.05) is 5.75 Å². The van der Waals surface area contributed by atoms with Crippen molar-refractivity contribution in [2.45, 2.75) is 55.4 Å². The van der Waals surface area contributed by atoms with E-state index in [0.717, 1.165) is 41.7 Å². The molecule has 2 aromatic carbocycles. The number of halogens is 8. The molecule has 1 heterocycles. The molecule has 3 aromatic rings. The first kappa shape index (κ1) is 32.3. The molecular formula is C32H24F8N2O2S. The van der Waals surface area contributed by atoms with Crippen molar-refractivity contribution in [3.8, 4) is 6.07 Å². The van der Waals surface area contributed by atoms with Crippen LogP contribution in [0.2, 0.25) is 0 Å². The Morgan fingerprint density at radius 3 is 2.29 bits per heavy atom. The summed E-state index contributed by atoms with van der Waals surface area (Å²) in [5.74, 6) is -1.55. The third kappa shape index (κ3) is 6.81. The van der Waals surface area contributed by atoms with Crippen LogP contribution in [0.15, 0.2) is 70.4 Å². The average molecular weight is 653 g/mol. The van der Waals surface area contributed by atoms with Crippen molar-refractivity contribution in [1.29, 1.82) is 5.26 Å². The fourth-order valence-electron chi connectivity index (χ4n) is 5.15. The van der Waals surface area contributed by atoms with Crippen LogP contribution in [-0.4, -0.2) is 14.5 Å². The Labute approximate surface area is 254 Å². The van der Waals surface area contributed by atoms with E-state index in [1.807, 2.05) is 0 Å². The number of alkyl halides is 6. The molecule has 0 bridgehead atoms. The van der Waals surface area contributed by atoms with Crippen molar-refractivity contribution in [1.82, 2.24) is 4.57 Å². The molecule has 2 aliphatic rings. The number of rotatable bonds is 7. The first-order valence-electron chi connectivity index (χ1n) is 13.7. The molecule has 1 fully saturated rings. The van der Waals surface area contributed by atoms with Gasteiger partial charge in [0.1, 0.15) is 23.3 Å². The van der Waals surface area contributed by atoms with E-state index in [2.05, 4.69) is 0 Å². The second-order valence-corrected chi connectivity index (χ2v) is 12.9. The molecule has 45 heavy (non-hydrogen) atoms. The maximum absolute atomic E-state index is 14.5. The zero-order valence-corrected chi connectivity index (χ0v) is 24.3. The summed E-state index contributed by atoms with van der Waals surface area (Å²) in [7, 11) is -1.67. The van der Waals surface area contributed by atoms with E-state index in [0.29, 0.717) is 12.1 Å². The molecule has 1 aromatic heterocycles. The Bertz CT molecular complexity index is 1860. The van der Waals surface area contributed by atoms with Crippen molar-refractivity contribution in [3.05, 3.63) is 116 Å². The first-order chi connectivity index (χ1) is 21.0. The van der Waals surface area contributed by atoms with Crippen LogP contribution in [0.5, 0.6) is 0 Å². The Balaban J connectivity index is 1.59. The lowest BCUT2D eigenvalue weighted by atomic mass is 9.75. The van der Waals surface area contributed by atoms with E-state index in [9.17, 15) is 49.4 Å². The highest BCUT2D eigenvalue weighted by atomic mass is 32.2. The van der Waals surface area contributed by atoms with Crippen molar-refractivity contribution < 1.29 is 39.3 Å². The van der Waals surface area contributed by atoms with Crippen LogP contribution in [0, 0.1) is 28.9 Å². The maximum atomic E-state index is 14.5.